The van der Waals surface area contributed by atoms with Crippen molar-refractivity contribution in [2.75, 3.05) is 5.73 Å². The molecule has 0 bridgehead atoms. The van der Waals surface area contributed by atoms with Crippen LogP contribution in [-0.2, 0) is 7.05 Å². The minimum absolute atomic E-state index is 0.754. The van der Waals surface area contributed by atoms with Gasteiger partial charge in [-0.15, -0.1) is 0 Å². The predicted octanol–water partition coefficient (Wildman–Crippen LogP) is 4.30. The van der Waals surface area contributed by atoms with E-state index in [1.54, 1.807) is 0 Å². The number of nitrogen functional groups attached to an aromatic ring is 1. The molecule has 0 aliphatic heterocycles. The van der Waals surface area contributed by atoms with E-state index in [0.29, 0.717) is 0 Å². The number of hydrogen-bond acceptors (Lipinski definition) is 1. The second kappa shape index (κ2) is 4.14. The minimum atomic E-state index is 0.754. The molecule has 0 atom stereocenters. The zero-order valence-corrected chi connectivity index (χ0v) is 11.6. The van der Waals surface area contributed by atoms with Crippen molar-refractivity contribution in [1.82, 2.24) is 4.57 Å². The van der Waals surface area contributed by atoms with E-state index in [1.807, 2.05) is 0 Å². The molecule has 2 N–H and O–H groups in total. The largest absolute Gasteiger partial charge is 0.398 e. The van der Waals surface area contributed by atoms with Crippen molar-refractivity contribution < 1.29 is 0 Å². The predicted molar refractivity (Wildman–Crippen MR) is 84.7 cm³/mol. The highest BCUT2D eigenvalue weighted by molar-refractivity contribution is 5.99. The summed E-state index contributed by atoms with van der Waals surface area (Å²) in [7, 11) is 2.09. The first kappa shape index (κ1) is 11.6. The number of anilines is 1. The van der Waals surface area contributed by atoms with Crippen LogP contribution in [0.1, 0.15) is 24.3 Å². The molecule has 1 aromatic heterocycles. The SMILES string of the molecule is Cn1cc(-c2cc(C3CC3)ccc2N)c2ccccc21. The van der Waals surface area contributed by atoms with E-state index in [0.717, 1.165) is 11.6 Å². The van der Waals surface area contributed by atoms with Crippen LogP contribution in [0, 0.1) is 0 Å². The lowest BCUT2D eigenvalue weighted by Gasteiger charge is -2.07. The molecule has 3 aromatic rings. The molecule has 1 saturated carbocycles. The third-order valence-corrected chi connectivity index (χ3v) is 4.31. The average Bonchev–Trinajstić information content (AvgIpc) is 3.25. The summed E-state index contributed by atoms with van der Waals surface area (Å²) in [6, 6.07) is 15.0. The first-order valence-corrected chi connectivity index (χ1v) is 7.18. The minimum Gasteiger partial charge on any atom is -0.398 e. The second-order valence-electron chi connectivity index (χ2n) is 5.79. The smallest absolute Gasteiger partial charge is 0.0484 e. The Morgan fingerprint density at radius 1 is 1.05 bits per heavy atom. The van der Waals surface area contributed by atoms with Crippen LogP contribution in [0.4, 0.5) is 5.69 Å². The van der Waals surface area contributed by atoms with Crippen LogP contribution in [0.15, 0.2) is 48.7 Å². The van der Waals surface area contributed by atoms with Crippen molar-refractivity contribution in [3.05, 3.63) is 54.2 Å². The summed E-state index contributed by atoms with van der Waals surface area (Å²) in [5, 5.41) is 1.27. The highest BCUT2D eigenvalue weighted by atomic mass is 14.9. The van der Waals surface area contributed by atoms with Gasteiger partial charge in [-0.2, -0.15) is 0 Å². The first-order valence-electron chi connectivity index (χ1n) is 7.18. The van der Waals surface area contributed by atoms with Gasteiger partial charge in [-0.1, -0.05) is 24.3 Å². The monoisotopic (exact) mass is 262 g/mol. The fourth-order valence-electron chi connectivity index (χ4n) is 3.03. The molecule has 2 nitrogen and oxygen atoms in total. The number of benzene rings is 2. The Balaban J connectivity index is 1.96. The lowest BCUT2D eigenvalue weighted by atomic mass is 9.99. The molecule has 1 heterocycles. The molecular formula is C18H18N2. The van der Waals surface area contributed by atoms with Crippen molar-refractivity contribution in [1.29, 1.82) is 0 Å². The third kappa shape index (κ3) is 1.72. The van der Waals surface area contributed by atoms with Gasteiger partial charge in [-0.25, -0.2) is 0 Å². The van der Waals surface area contributed by atoms with Crippen molar-refractivity contribution in [3.63, 3.8) is 0 Å². The number of hydrogen-bond donors (Lipinski definition) is 1. The Kier molecular flexibility index (Phi) is 2.40. The zero-order valence-electron chi connectivity index (χ0n) is 11.6. The number of aromatic nitrogens is 1. The molecule has 1 fully saturated rings. The first-order chi connectivity index (χ1) is 9.74. The van der Waals surface area contributed by atoms with E-state index < -0.39 is 0 Å². The van der Waals surface area contributed by atoms with Gasteiger partial charge >= 0.3 is 0 Å². The van der Waals surface area contributed by atoms with Crippen LogP contribution in [-0.4, -0.2) is 4.57 Å². The molecule has 100 valence electrons. The van der Waals surface area contributed by atoms with Crippen LogP contribution < -0.4 is 5.73 Å². The molecule has 4 rings (SSSR count). The van der Waals surface area contributed by atoms with E-state index in [2.05, 4.69) is 60.3 Å². The molecule has 1 aliphatic carbocycles. The van der Waals surface area contributed by atoms with Gasteiger partial charge in [-0.3, -0.25) is 0 Å². The van der Waals surface area contributed by atoms with Crippen LogP contribution in [0.3, 0.4) is 0 Å². The molecule has 0 radical (unpaired) electrons. The second-order valence-corrected chi connectivity index (χ2v) is 5.79. The van der Waals surface area contributed by atoms with E-state index in [4.69, 9.17) is 5.73 Å². The van der Waals surface area contributed by atoms with Crippen LogP contribution in [0.5, 0.6) is 0 Å². The summed E-state index contributed by atoms with van der Waals surface area (Å²) in [5.74, 6) is 0.754. The molecule has 0 unspecified atom stereocenters. The molecule has 2 heteroatoms. The van der Waals surface area contributed by atoms with Gasteiger partial charge in [0.25, 0.3) is 0 Å². The van der Waals surface area contributed by atoms with Crippen molar-refractivity contribution in [3.8, 4) is 11.1 Å². The maximum absolute atomic E-state index is 6.23. The van der Waals surface area contributed by atoms with Crippen molar-refractivity contribution in [2.24, 2.45) is 7.05 Å². The van der Waals surface area contributed by atoms with Crippen molar-refractivity contribution in [2.45, 2.75) is 18.8 Å². The van der Waals surface area contributed by atoms with Gasteiger partial charge in [0.05, 0.1) is 0 Å². The Morgan fingerprint density at radius 3 is 2.65 bits per heavy atom. The highest BCUT2D eigenvalue weighted by Crippen LogP contribution is 2.43. The van der Waals surface area contributed by atoms with Gasteiger partial charge in [0.2, 0.25) is 0 Å². The zero-order chi connectivity index (χ0) is 13.7. The molecule has 2 aromatic carbocycles. The molecule has 20 heavy (non-hydrogen) atoms. The van der Waals surface area contributed by atoms with Gasteiger partial charge in [0.15, 0.2) is 0 Å². The quantitative estimate of drug-likeness (QED) is 0.686. The topological polar surface area (TPSA) is 30.9 Å². The highest BCUT2D eigenvalue weighted by Gasteiger charge is 2.24. The van der Waals surface area contributed by atoms with Crippen LogP contribution in [0.2, 0.25) is 0 Å². The van der Waals surface area contributed by atoms with Gasteiger partial charge in [0, 0.05) is 41.0 Å². The Morgan fingerprint density at radius 2 is 1.85 bits per heavy atom. The summed E-state index contributed by atoms with van der Waals surface area (Å²) in [5.41, 5.74) is 12.2. The molecule has 1 aliphatic rings. The molecule has 0 spiro atoms. The van der Waals surface area contributed by atoms with Crippen molar-refractivity contribution >= 4 is 16.6 Å². The standard InChI is InChI=1S/C18H18N2/c1-20-11-16(14-4-2-3-5-18(14)20)15-10-13(12-6-7-12)8-9-17(15)19/h2-5,8-12H,6-7,19H2,1H3. The van der Waals surface area contributed by atoms with E-state index in [9.17, 15) is 0 Å². The number of para-hydroxylation sites is 1. The number of fused-ring (bicyclic) bond motifs is 1. The third-order valence-electron chi connectivity index (χ3n) is 4.31. The molecule has 0 saturated heterocycles. The Hall–Kier alpha value is -2.22. The Bertz CT molecular complexity index is 794. The van der Waals surface area contributed by atoms with Crippen LogP contribution >= 0.6 is 0 Å². The van der Waals surface area contributed by atoms with E-state index >= 15 is 0 Å². The fraction of sp³-hybridized carbons (Fsp3) is 0.222. The van der Waals surface area contributed by atoms with Gasteiger partial charge in [0.1, 0.15) is 0 Å². The lowest BCUT2D eigenvalue weighted by Crippen LogP contribution is -1.91. The van der Waals surface area contributed by atoms with E-state index in [1.165, 1.54) is 40.4 Å². The lowest BCUT2D eigenvalue weighted by molar-refractivity contribution is 0.970. The van der Waals surface area contributed by atoms with Gasteiger partial charge in [-0.05, 0) is 42.5 Å². The maximum atomic E-state index is 6.23. The summed E-state index contributed by atoms with van der Waals surface area (Å²) >= 11 is 0. The molecular weight excluding hydrogens is 244 g/mol. The summed E-state index contributed by atoms with van der Waals surface area (Å²) in [4.78, 5) is 0. The number of nitrogens with zero attached hydrogens (tertiary/aromatic N) is 1. The number of aryl methyl sites for hydroxylation is 1. The maximum Gasteiger partial charge on any atom is 0.0484 e. The van der Waals surface area contributed by atoms with Gasteiger partial charge < -0.3 is 10.3 Å². The fourth-order valence-corrected chi connectivity index (χ4v) is 3.03. The van der Waals surface area contributed by atoms with E-state index in [-0.39, 0.29) is 0 Å². The molecule has 0 amide bonds. The summed E-state index contributed by atoms with van der Waals surface area (Å²) in [6.07, 6.45) is 4.82. The normalized spacial score (nSPS) is 14.8. The Labute approximate surface area is 118 Å². The summed E-state index contributed by atoms with van der Waals surface area (Å²) < 4.78 is 2.17. The van der Waals surface area contributed by atoms with Crippen LogP contribution in [0.25, 0.3) is 22.0 Å². The average molecular weight is 262 g/mol. The summed E-state index contributed by atoms with van der Waals surface area (Å²) in [6.45, 7) is 0. The number of nitrogens with two attached hydrogens (primary N) is 1. The number of rotatable bonds is 2.